The first-order valence-corrected chi connectivity index (χ1v) is 7.83. The van der Waals surface area contributed by atoms with Gasteiger partial charge in [0, 0.05) is 25.2 Å². The molecule has 0 amide bonds. The van der Waals surface area contributed by atoms with Gasteiger partial charge in [-0.1, -0.05) is 13.8 Å². The van der Waals surface area contributed by atoms with E-state index in [0.717, 1.165) is 25.7 Å². The number of hydrogen-bond donors (Lipinski definition) is 1. The third-order valence-electron chi connectivity index (χ3n) is 4.63. The van der Waals surface area contributed by atoms with E-state index in [0.29, 0.717) is 5.54 Å². The van der Waals surface area contributed by atoms with Crippen molar-refractivity contribution in [3.63, 3.8) is 0 Å². The van der Waals surface area contributed by atoms with E-state index in [-0.39, 0.29) is 0 Å². The Morgan fingerprint density at radius 2 is 2.06 bits per heavy atom. The Bertz CT molecular complexity index is 237. The van der Waals surface area contributed by atoms with E-state index in [9.17, 15) is 0 Å². The Kier molecular flexibility index (Phi) is 5.46. The second-order valence-electron chi connectivity index (χ2n) is 6.06. The highest BCUT2D eigenvalue weighted by molar-refractivity contribution is 4.91. The van der Waals surface area contributed by atoms with Crippen LogP contribution in [0.15, 0.2) is 0 Å². The number of nitrogens with zero attached hydrogens (tertiary/aromatic N) is 1. The smallest absolute Gasteiger partial charge is 0.0593 e. The van der Waals surface area contributed by atoms with E-state index >= 15 is 0 Å². The predicted octanol–water partition coefficient (Wildman–Crippen LogP) is 2.27. The van der Waals surface area contributed by atoms with Crippen molar-refractivity contribution in [2.45, 2.75) is 51.5 Å². The van der Waals surface area contributed by atoms with Gasteiger partial charge >= 0.3 is 0 Å². The topological polar surface area (TPSA) is 24.5 Å². The van der Waals surface area contributed by atoms with Crippen molar-refractivity contribution >= 4 is 0 Å². The van der Waals surface area contributed by atoms with Crippen LogP contribution in [0.25, 0.3) is 0 Å². The molecule has 0 radical (unpaired) electrons. The fraction of sp³-hybridized carbons (Fsp3) is 1.00. The zero-order valence-corrected chi connectivity index (χ0v) is 12.2. The summed E-state index contributed by atoms with van der Waals surface area (Å²) in [6, 6.07) is 0. The van der Waals surface area contributed by atoms with E-state index in [2.05, 4.69) is 24.1 Å². The van der Waals surface area contributed by atoms with Gasteiger partial charge in [0.1, 0.15) is 0 Å². The zero-order chi connectivity index (χ0) is 12.8. The molecule has 2 rings (SSSR count). The first-order valence-electron chi connectivity index (χ1n) is 7.83. The molecule has 18 heavy (non-hydrogen) atoms. The summed E-state index contributed by atoms with van der Waals surface area (Å²) >= 11 is 0. The molecular weight excluding hydrogens is 224 g/mol. The summed E-state index contributed by atoms with van der Waals surface area (Å²) in [5, 5.41) is 3.76. The van der Waals surface area contributed by atoms with Gasteiger partial charge in [-0.2, -0.15) is 0 Å². The van der Waals surface area contributed by atoms with Crippen LogP contribution in [0.3, 0.4) is 0 Å². The molecular formula is C15H30N2O. The lowest BCUT2D eigenvalue weighted by molar-refractivity contribution is 0.0880. The molecule has 0 unspecified atom stereocenters. The van der Waals surface area contributed by atoms with Gasteiger partial charge < -0.3 is 10.1 Å². The fourth-order valence-electron chi connectivity index (χ4n) is 2.86. The predicted molar refractivity (Wildman–Crippen MR) is 75.9 cm³/mol. The van der Waals surface area contributed by atoms with Crippen molar-refractivity contribution < 1.29 is 4.74 Å². The Labute approximate surface area is 112 Å². The lowest BCUT2D eigenvalue weighted by atomic mass is 9.92. The quantitative estimate of drug-likeness (QED) is 0.705. The normalized spacial score (nSPS) is 25.0. The van der Waals surface area contributed by atoms with Crippen LogP contribution in [-0.2, 0) is 4.74 Å². The molecule has 1 N–H and O–H groups in total. The number of ether oxygens (including phenoxy) is 1. The van der Waals surface area contributed by atoms with Crippen molar-refractivity contribution in [2.75, 3.05) is 39.4 Å². The van der Waals surface area contributed by atoms with E-state index < -0.39 is 0 Å². The monoisotopic (exact) mass is 254 g/mol. The molecule has 2 aliphatic rings. The maximum Gasteiger partial charge on any atom is 0.0593 e. The minimum Gasteiger partial charge on any atom is -0.380 e. The average Bonchev–Trinajstić information content (AvgIpc) is 3.22. The highest BCUT2D eigenvalue weighted by Gasteiger charge is 2.30. The Hall–Kier alpha value is -0.120. The van der Waals surface area contributed by atoms with Crippen molar-refractivity contribution in [1.29, 1.82) is 0 Å². The van der Waals surface area contributed by atoms with Crippen LogP contribution in [0.4, 0.5) is 0 Å². The molecule has 3 nitrogen and oxygen atoms in total. The lowest BCUT2D eigenvalue weighted by Crippen LogP contribution is -2.51. The van der Waals surface area contributed by atoms with Crippen molar-refractivity contribution in [2.24, 2.45) is 5.92 Å². The Balaban J connectivity index is 1.71. The van der Waals surface area contributed by atoms with E-state index in [4.69, 9.17) is 4.74 Å². The highest BCUT2D eigenvalue weighted by Crippen LogP contribution is 2.28. The van der Waals surface area contributed by atoms with Crippen LogP contribution in [-0.4, -0.2) is 49.8 Å². The summed E-state index contributed by atoms with van der Waals surface area (Å²) in [5.41, 5.74) is 0.340. The maximum absolute atomic E-state index is 5.77. The van der Waals surface area contributed by atoms with Crippen LogP contribution in [0.5, 0.6) is 0 Å². The highest BCUT2D eigenvalue weighted by atomic mass is 16.5. The molecule has 0 aromatic carbocycles. The summed E-state index contributed by atoms with van der Waals surface area (Å²) < 4.78 is 5.77. The molecule has 0 aromatic heterocycles. The van der Waals surface area contributed by atoms with Gasteiger partial charge in [0.25, 0.3) is 0 Å². The van der Waals surface area contributed by atoms with Gasteiger partial charge in [0.2, 0.25) is 0 Å². The molecule has 0 atom stereocenters. The molecule has 1 heterocycles. The molecule has 1 aliphatic heterocycles. The summed E-state index contributed by atoms with van der Waals surface area (Å²) in [7, 11) is 0. The zero-order valence-electron chi connectivity index (χ0n) is 12.2. The molecule has 0 bridgehead atoms. The van der Waals surface area contributed by atoms with Crippen LogP contribution < -0.4 is 5.32 Å². The van der Waals surface area contributed by atoms with E-state index in [1.807, 2.05) is 0 Å². The van der Waals surface area contributed by atoms with Gasteiger partial charge in [-0.25, -0.2) is 0 Å². The first-order chi connectivity index (χ1) is 8.78. The van der Waals surface area contributed by atoms with Gasteiger partial charge in [-0.15, -0.1) is 0 Å². The number of hydrogen-bond acceptors (Lipinski definition) is 3. The summed E-state index contributed by atoms with van der Waals surface area (Å²) in [6.45, 7) is 11.2. The van der Waals surface area contributed by atoms with Gasteiger partial charge in [-0.3, -0.25) is 4.90 Å². The summed E-state index contributed by atoms with van der Waals surface area (Å²) in [6.07, 6.45) is 6.50. The summed E-state index contributed by atoms with van der Waals surface area (Å²) in [4.78, 5) is 2.60. The Morgan fingerprint density at radius 3 is 2.72 bits per heavy atom. The van der Waals surface area contributed by atoms with Crippen molar-refractivity contribution in [3.8, 4) is 0 Å². The second kappa shape index (κ2) is 6.88. The van der Waals surface area contributed by atoms with Crippen LogP contribution in [0, 0.1) is 5.92 Å². The minimum atomic E-state index is 0.340. The molecule has 106 valence electrons. The van der Waals surface area contributed by atoms with Crippen LogP contribution >= 0.6 is 0 Å². The molecule has 1 saturated heterocycles. The fourth-order valence-corrected chi connectivity index (χ4v) is 2.86. The Morgan fingerprint density at radius 1 is 1.28 bits per heavy atom. The summed E-state index contributed by atoms with van der Waals surface area (Å²) in [5.74, 6) is 0.890. The molecule has 2 fully saturated rings. The number of rotatable bonds is 7. The largest absolute Gasteiger partial charge is 0.380 e. The third kappa shape index (κ3) is 4.22. The van der Waals surface area contributed by atoms with Crippen LogP contribution in [0.2, 0.25) is 0 Å². The van der Waals surface area contributed by atoms with Crippen molar-refractivity contribution in [3.05, 3.63) is 0 Å². The standard InChI is InChI=1S/C15H30N2O/c1-3-15(4-2)13-17(9-5-8-16-15)10-11-18-12-14-6-7-14/h14,16H,3-13H2,1-2H3. The first kappa shape index (κ1) is 14.3. The van der Waals surface area contributed by atoms with Crippen LogP contribution in [0.1, 0.15) is 46.0 Å². The molecule has 1 saturated carbocycles. The maximum atomic E-state index is 5.77. The van der Waals surface area contributed by atoms with Gasteiger partial charge in [0.05, 0.1) is 6.61 Å². The molecule has 0 aromatic rings. The molecule has 1 aliphatic carbocycles. The van der Waals surface area contributed by atoms with E-state index in [1.54, 1.807) is 0 Å². The van der Waals surface area contributed by atoms with Gasteiger partial charge in [-0.05, 0) is 51.1 Å². The minimum absolute atomic E-state index is 0.340. The average molecular weight is 254 g/mol. The second-order valence-corrected chi connectivity index (χ2v) is 6.06. The van der Waals surface area contributed by atoms with E-state index in [1.165, 1.54) is 51.7 Å². The molecule has 3 heteroatoms. The number of nitrogens with one attached hydrogen (secondary N) is 1. The lowest BCUT2D eigenvalue weighted by Gasteiger charge is -2.35. The van der Waals surface area contributed by atoms with Crippen molar-refractivity contribution in [1.82, 2.24) is 10.2 Å². The third-order valence-corrected chi connectivity index (χ3v) is 4.63. The van der Waals surface area contributed by atoms with Gasteiger partial charge in [0.15, 0.2) is 0 Å². The molecule has 0 spiro atoms. The SMILES string of the molecule is CCC1(CC)CN(CCOCC2CC2)CCCN1.